The Kier molecular flexibility index (Phi) is 1.78. The minimum Gasteiger partial charge on any atom is -0.315 e. The van der Waals surface area contributed by atoms with Crippen LogP contribution in [0.1, 0.15) is 11.1 Å². The van der Waals surface area contributed by atoms with Crippen LogP contribution in [-0.4, -0.2) is 4.40 Å². The van der Waals surface area contributed by atoms with Crippen molar-refractivity contribution in [2.45, 2.75) is 6.92 Å². The lowest BCUT2D eigenvalue weighted by atomic mass is 10.1. The predicted octanol–water partition coefficient (Wildman–Crippen LogP) is 3.38. The van der Waals surface area contributed by atoms with Crippen LogP contribution in [0.5, 0.6) is 0 Å². The molecule has 76 valence electrons. The van der Waals surface area contributed by atoms with Crippen LogP contribution in [0.2, 0.25) is 0 Å². The van der Waals surface area contributed by atoms with Gasteiger partial charge in [0.1, 0.15) is 0 Å². The molecule has 0 aliphatic rings. The Labute approximate surface area is 94.3 Å². The average molecular weight is 205 g/mol. The number of rotatable bonds is 0. The van der Waals surface area contributed by atoms with Crippen LogP contribution in [0.15, 0.2) is 42.6 Å². The van der Waals surface area contributed by atoms with Gasteiger partial charge in [-0.2, -0.15) is 0 Å². The fourth-order valence-corrected chi connectivity index (χ4v) is 2.20. The maximum Gasteiger partial charge on any atom is 0.0619 e. The number of aromatic nitrogens is 1. The zero-order chi connectivity index (χ0) is 11.1. The van der Waals surface area contributed by atoms with Gasteiger partial charge in [0.15, 0.2) is 0 Å². The molecule has 0 saturated heterocycles. The summed E-state index contributed by atoms with van der Waals surface area (Å²) in [4.78, 5) is 0. The molecule has 0 atom stereocenters. The third-order valence-electron chi connectivity index (χ3n) is 2.94. The van der Waals surface area contributed by atoms with E-state index in [1.165, 1.54) is 11.1 Å². The summed E-state index contributed by atoms with van der Waals surface area (Å²) < 4.78 is 2.15. The lowest BCUT2D eigenvalue weighted by Crippen LogP contribution is -1.82. The van der Waals surface area contributed by atoms with E-state index in [1.54, 1.807) is 0 Å². The van der Waals surface area contributed by atoms with Crippen molar-refractivity contribution in [2.75, 3.05) is 0 Å². The molecule has 3 aromatic rings. The first-order valence-corrected chi connectivity index (χ1v) is 5.27. The molecule has 0 N–H and O–H groups in total. The summed E-state index contributed by atoms with van der Waals surface area (Å²) in [6.07, 6.45) is 7.65. The van der Waals surface area contributed by atoms with E-state index >= 15 is 0 Å². The molecule has 1 nitrogen and oxygen atoms in total. The van der Waals surface area contributed by atoms with Crippen molar-refractivity contribution in [3.8, 4) is 12.3 Å². The normalized spacial score (nSPS) is 10.8. The van der Waals surface area contributed by atoms with Crippen LogP contribution in [0.4, 0.5) is 0 Å². The molecule has 2 heterocycles. The molecule has 3 rings (SSSR count). The Morgan fingerprint density at radius 1 is 1.12 bits per heavy atom. The molecule has 16 heavy (non-hydrogen) atoms. The summed E-state index contributed by atoms with van der Waals surface area (Å²) in [5, 5.41) is 1.15. The van der Waals surface area contributed by atoms with Gasteiger partial charge in [-0.05, 0) is 30.7 Å². The summed E-state index contributed by atoms with van der Waals surface area (Å²) in [6.45, 7) is 2.09. The van der Waals surface area contributed by atoms with Crippen LogP contribution in [-0.2, 0) is 0 Å². The fraction of sp³-hybridized carbons (Fsp3) is 0.0667. The standard InChI is InChI=1S/C15H11N/c1-3-12-13-8-7-11(2)10-15(13)16-9-5-4-6-14(12)16/h1,4-10H,2H3. The maximum atomic E-state index is 5.60. The Bertz CT molecular complexity index is 726. The second-order valence-electron chi connectivity index (χ2n) is 4.00. The highest BCUT2D eigenvalue weighted by Crippen LogP contribution is 2.26. The first-order valence-electron chi connectivity index (χ1n) is 5.27. The number of hydrogen-bond donors (Lipinski definition) is 0. The monoisotopic (exact) mass is 205 g/mol. The number of fused-ring (bicyclic) bond motifs is 3. The molecule has 0 spiro atoms. The SMILES string of the molecule is C#Cc1c2ccc(C)cc2n2ccccc12. The highest BCUT2D eigenvalue weighted by molar-refractivity contribution is 5.95. The highest BCUT2D eigenvalue weighted by atomic mass is 14.9. The van der Waals surface area contributed by atoms with Crippen LogP contribution in [0.3, 0.4) is 0 Å². The van der Waals surface area contributed by atoms with E-state index < -0.39 is 0 Å². The fourth-order valence-electron chi connectivity index (χ4n) is 2.20. The molecule has 0 saturated carbocycles. The van der Waals surface area contributed by atoms with Gasteiger partial charge in [-0.25, -0.2) is 0 Å². The molecule has 0 unspecified atom stereocenters. The summed E-state index contributed by atoms with van der Waals surface area (Å²) >= 11 is 0. The van der Waals surface area contributed by atoms with Crippen molar-refractivity contribution < 1.29 is 0 Å². The van der Waals surface area contributed by atoms with Gasteiger partial charge >= 0.3 is 0 Å². The molecule has 0 aliphatic carbocycles. The van der Waals surface area contributed by atoms with Gasteiger partial charge < -0.3 is 4.40 Å². The highest BCUT2D eigenvalue weighted by Gasteiger charge is 2.08. The maximum absolute atomic E-state index is 5.60. The van der Waals surface area contributed by atoms with E-state index in [1.807, 2.05) is 12.1 Å². The number of nitrogens with zero attached hydrogens (tertiary/aromatic N) is 1. The summed E-state index contributed by atoms with van der Waals surface area (Å²) in [6, 6.07) is 12.5. The van der Waals surface area contributed by atoms with Gasteiger partial charge in [-0.1, -0.05) is 24.1 Å². The Hall–Kier alpha value is -2.20. The Balaban J connectivity index is 2.65. The lowest BCUT2D eigenvalue weighted by molar-refractivity contribution is 1.25. The zero-order valence-electron chi connectivity index (χ0n) is 9.07. The van der Waals surface area contributed by atoms with Crippen molar-refractivity contribution >= 4 is 16.4 Å². The van der Waals surface area contributed by atoms with Crippen LogP contribution in [0.25, 0.3) is 16.4 Å². The largest absolute Gasteiger partial charge is 0.315 e. The topological polar surface area (TPSA) is 4.41 Å². The summed E-state index contributed by atoms with van der Waals surface area (Å²) in [5.41, 5.74) is 4.52. The molecule has 2 aromatic heterocycles. The van der Waals surface area contributed by atoms with Crippen molar-refractivity contribution in [3.63, 3.8) is 0 Å². The summed E-state index contributed by atoms with van der Waals surface area (Å²) in [7, 11) is 0. The van der Waals surface area contributed by atoms with Gasteiger partial charge in [-0.15, -0.1) is 6.42 Å². The number of benzene rings is 1. The van der Waals surface area contributed by atoms with Gasteiger partial charge in [-0.3, -0.25) is 0 Å². The first-order chi connectivity index (χ1) is 7.81. The predicted molar refractivity (Wildman–Crippen MR) is 67.6 cm³/mol. The van der Waals surface area contributed by atoms with Crippen molar-refractivity contribution in [2.24, 2.45) is 0 Å². The van der Waals surface area contributed by atoms with E-state index in [2.05, 4.69) is 47.7 Å². The Morgan fingerprint density at radius 2 is 2.00 bits per heavy atom. The van der Waals surface area contributed by atoms with Gasteiger partial charge in [0.25, 0.3) is 0 Å². The number of hydrogen-bond acceptors (Lipinski definition) is 0. The third kappa shape index (κ3) is 1.07. The van der Waals surface area contributed by atoms with Crippen molar-refractivity contribution in [3.05, 3.63) is 53.7 Å². The van der Waals surface area contributed by atoms with Crippen molar-refractivity contribution in [1.29, 1.82) is 0 Å². The molecule has 1 heteroatoms. The van der Waals surface area contributed by atoms with Crippen LogP contribution < -0.4 is 0 Å². The quantitative estimate of drug-likeness (QED) is 0.495. The van der Waals surface area contributed by atoms with Crippen molar-refractivity contribution in [1.82, 2.24) is 4.40 Å². The average Bonchev–Trinajstić information content (AvgIpc) is 2.62. The first kappa shape index (κ1) is 9.06. The second kappa shape index (κ2) is 3.15. The van der Waals surface area contributed by atoms with Gasteiger partial charge in [0.05, 0.1) is 16.6 Å². The van der Waals surface area contributed by atoms with E-state index in [0.29, 0.717) is 0 Å². The second-order valence-corrected chi connectivity index (χ2v) is 4.00. The van der Waals surface area contributed by atoms with Crippen LogP contribution in [0, 0.1) is 19.3 Å². The number of pyridine rings is 1. The van der Waals surface area contributed by atoms with Crippen LogP contribution >= 0.6 is 0 Å². The number of aryl methyl sites for hydroxylation is 1. The third-order valence-corrected chi connectivity index (χ3v) is 2.94. The minimum absolute atomic E-state index is 0.982. The molecule has 1 aromatic carbocycles. The smallest absolute Gasteiger partial charge is 0.0619 e. The molecular formula is C15H11N. The number of terminal acetylenes is 1. The molecule has 0 aliphatic heterocycles. The minimum atomic E-state index is 0.982. The Morgan fingerprint density at radius 3 is 2.81 bits per heavy atom. The molecule has 0 amide bonds. The lowest BCUT2D eigenvalue weighted by Gasteiger charge is -1.96. The van der Waals surface area contributed by atoms with E-state index in [0.717, 1.165) is 16.5 Å². The summed E-state index contributed by atoms with van der Waals surface area (Å²) in [5.74, 6) is 2.79. The van der Waals surface area contributed by atoms with E-state index in [9.17, 15) is 0 Å². The molecule has 0 fully saturated rings. The molecule has 0 radical (unpaired) electrons. The molecule has 0 bridgehead atoms. The van der Waals surface area contributed by atoms with Gasteiger partial charge in [0, 0.05) is 11.6 Å². The van der Waals surface area contributed by atoms with E-state index in [-0.39, 0.29) is 0 Å². The van der Waals surface area contributed by atoms with Gasteiger partial charge in [0.2, 0.25) is 0 Å². The zero-order valence-corrected chi connectivity index (χ0v) is 9.07. The van der Waals surface area contributed by atoms with E-state index in [4.69, 9.17) is 6.42 Å². The molecular weight excluding hydrogens is 194 g/mol.